The Hall–Kier alpha value is -1.14. The Kier molecular flexibility index (Phi) is 3.69. The van der Waals surface area contributed by atoms with Crippen molar-refractivity contribution in [1.82, 2.24) is 14.6 Å². The smallest absolute Gasteiger partial charge is 0.214 e. The Balaban J connectivity index is 1.83. The van der Waals surface area contributed by atoms with E-state index in [0.717, 1.165) is 35.3 Å². The number of imidazole rings is 1. The molecule has 2 aromatic rings. The molecule has 0 amide bonds. The van der Waals surface area contributed by atoms with Gasteiger partial charge in [0.2, 0.25) is 10.1 Å². The minimum absolute atomic E-state index is 0.0648. The quantitative estimate of drug-likeness (QED) is 0.855. The molecule has 1 aliphatic heterocycles. The molecule has 0 radical (unpaired) electrons. The molecule has 2 aromatic heterocycles. The lowest BCUT2D eigenvalue weighted by atomic mass is 9.93. The summed E-state index contributed by atoms with van der Waals surface area (Å²) in [4.78, 5) is 8.01. The third-order valence-electron chi connectivity index (χ3n) is 4.26. The van der Waals surface area contributed by atoms with Crippen LogP contribution in [0.25, 0.3) is 4.96 Å². The molecule has 1 saturated heterocycles. The molecule has 1 aliphatic rings. The Morgan fingerprint density at radius 1 is 1.38 bits per heavy atom. The van der Waals surface area contributed by atoms with Gasteiger partial charge in [0.15, 0.2) is 0 Å². The van der Waals surface area contributed by atoms with Crippen molar-refractivity contribution in [2.24, 2.45) is 5.92 Å². The Morgan fingerprint density at radius 3 is 2.76 bits per heavy atom. The monoisotopic (exact) mass is 308 g/mol. The van der Waals surface area contributed by atoms with Crippen molar-refractivity contribution in [3.8, 4) is 0 Å². The molecule has 116 valence electrons. The van der Waals surface area contributed by atoms with Gasteiger partial charge in [-0.25, -0.2) is 9.50 Å². The van der Waals surface area contributed by atoms with Gasteiger partial charge < -0.3 is 9.64 Å². The third kappa shape index (κ3) is 2.79. The van der Waals surface area contributed by atoms with Crippen molar-refractivity contribution in [2.45, 2.75) is 45.6 Å². The fourth-order valence-electron chi connectivity index (χ4n) is 2.69. The first-order valence-electron chi connectivity index (χ1n) is 7.53. The van der Waals surface area contributed by atoms with E-state index in [1.165, 1.54) is 0 Å². The van der Waals surface area contributed by atoms with Gasteiger partial charge in [0.1, 0.15) is 0 Å². The molecule has 3 heterocycles. The molecule has 21 heavy (non-hydrogen) atoms. The lowest BCUT2D eigenvalue weighted by molar-refractivity contribution is 0.0498. The van der Waals surface area contributed by atoms with Gasteiger partial charge >= 0.3 is 0 Å². The van der Waals surface area contributed by atoms with E-state index in [-0.39, 0.29) is 5.41 Å². The maximum Gasteiger partial charge on any atom is 0.214 e. The van der Waals surface area contributed by atoms with Crippen LogP contribution in [0.5, 0.6) is 0 Å². The van der Waals surface area contributed by atoms with Crippen LogP contribution in [0.2, 0.25) is 0 Å². The van der Waals surface area contributed by atoms with Crippen LogP contribution in [0.4, 0.5) is 5.13 Å². The molecule has 6 heteroatoms. The summed E-state index contributed by atoms with van der Waals surface area (Å²) in [7, 11) is 1.80. The first kappa shape index (κ1) is 14.8. The Bertz CT molecular complexity index is 596. The summed E-state index contributed by atoms with van der Waals surface area (Å²) in [6, 6.07) is 0. The Labute approximate surface area is 129 Å². The van der Waals surface area contributed by atoms with Gasteiger partial charge in [0.05, 0.1) is 18.0 Å². The van der Waals surface area contributed by atoms with E-state index in [2.05, 4.69) is 38.8 Å². The molecule has 0 saturated carbocycles. The number of hydrogen-bond donors (Lipinski definition) is 0. The molecule has 0 spiro atoms. The van der Waals surface area contributed by atoms with E-state index in [9.17, 15) is 0 Å². The van der Waals surface area contributed by atoms with E-state index in [4.69, 9.17) is 14.8 Å². The van der Waals surface area contributed by atoms with Crippen LogP contribution in [0.15, 0.2) is 6.20 Å². The second-order valence-electron chi connectivity index (χ2n) is 6.97. The lowest BCUT2D eigenvalue weighted by Gasteiger charge is -2.35. The zero-order valence-electron chi connectivity index (χ0n) is 13.5. The molecule has 1 fully saturated rings. The molecule has 5 nitrogen and oxygen atoms in total. The minimum Gasteiger partial charge on any atom is -0.379 e. The van der Waals surface area contributed by atoms with Gasteiger partial charge in [0, 0.05) is 25.6 Å². The highest BCUT2D eigenvalue weighted by Gasteiger charge is 2.28. The molecule has 2 unspecified atom stereocenters. The fourth-order valence-corrected chi connectivity index (χ4v) is 3.61. The number of methoxy groups -OCH3 is 1. The van der Waals surface area contributed by atoms with Crippen LogP contribution in [0.1, 0.15) is 39.8 Å². The highest BCUT2D eigenvalue weighted by atomic mass is 32.1. The van der Waals surface area contributed by atoms with Gasteiger partial charge in [-0.2, -0.15) is 0 Å². The van der Waals surface area contributed by atoms with Crippen LogP contribution >= 0.6 is 11.3 Å². The second kappa shape index (κ2) is 5.25. The summed E-state index contributed by atoms with van der Waals surface area (Å²) in [6.07, 6.45) is 3.49. The topological polar surface area (TPSA) is 42.7 Å². The van der Waals surface area contributed by atoms with Crippen molar-refractivity contribution in [1.29, 1.82) is 0 Å². The third-order valence-corrected chi connectivity index (χ3v) is 5.25. The molecule has 2 atom stereocenters. The zero-order chi connectivity index (χ0) is 15.2. The van der Waals surface area contributed by atoms with Crippen LogP contribution < -0.4 is 4.90 Å². The summed E-state index contributed by atoms with van der Waals surface area (Å²) in [5, 5.41) is 5.76. The van der Waals surface area contributed by atoms with Gasteiger partial charge in [-0.05, 0) is 12.3 Å². The number of rotatable bonds is 2. The fraction of sp³-hybridized carbons (Fsp3) is 0.733. The molecule has 0 N–H and O–H groups in total. The summed E-state index contributed by atoms with van der Waals surface area (Å²) in [5.74, 6) is 0.614. The van der Waals surface area contributed by atoms with E-state index in [0.29, 0.717) is 12.0 Å². The number of hydrogen-bond acceptors (Lipinski definition) is 5. The SMILES string of the molecule is COC1CN(c2nn3cc(C(C)(C)C)nc3s2)CCC1C. The predicted molar refractivity (Wildman–Crippen MR) is 86.4 cm³/mol. The van der Waals surface area contributed by atoms with Gasteiger partial charge in [-0.1, -0.05) is 39.0 Å². The second-order valence-corrected chi connectivity index (χ2v) is 7.91. The predicted octanol–water partition coefficient (Wildman–Crippen LogP) is 2.95. The average Bonchev–Trinajstić information content (AvgIpc) is 2.96. The summed E-state index contributed by atoms with van der Waals surface area (Å²) < 4.78 is 7.50. The van der Waals surface area contributed by atoms with Crippen LogP contribution in [0.3, 0.4) is 0 Å². The summed E-state index contributed by atoms with van der Waals surface area (Å²) in [5.41, 5.74) is 1.16. The number of aromatic nitrogens is 3. The normalized spacial score (nSPS) is 24.0. The first-order chi connectivity index (χ1) is 9.88. The number of anilines is 1. The van der Waals surface area contributed by atoms with Crippen molar-refractivity contribution >= 4 is 21.4 Å². The average molecular weight is 308 g/mol. The van der Waals surface area contributed by atoms with Crippen molar-refractivity contribution in [2.75, 3.05) is 25.1 Å². The van der Waals surface area contributed by atoms with Gasteiger partial charge in [-0.3, -0.25) is 0 Å². The zero-order valence-corrected chi connectivity index (χ0v) is 14.3. The van der Waals surface area contributed by atoms with Gasteiger partial charge in [-0.15, -0.1) is 5.10 Å². The highest BCUT2D eigenvalue weighted by molar-refractivity contribution is 7.20. The van der Waals surface area contributed by atoms with E-state index in [1.807, 2.05) is 4.52 Å². The van der Waals surface area contributed by atoms with E-state index >= 15 is 0 Å². The van der Waals surface area contributed by atoms with Gasteiger partial charge in [0.25, 0.3) is 0 Å². The maximum absolute atomic E-state index is 5.59. The first-order valence-corrected chi connectivity index (χ1v) is 8.34. The number of ether oxygens (including phenoxy) is 1. The van der Waals surface area contributed by atoms with E-state index in [1.54, 1.807) is 18.4 Å². The van der Waals surface area contributed by atoms with Crippen molar-refractivity contribution in [3.05, 3.63) is 11.9 Å². The molecular weight excluding hydrogens is 284 g/mol. The minimum atomic E-state index is 0.0648. The molecular formula is C15H24N4OS. The number of piperidine rings is 1. The maximum atomic E-state index is 5.59. The Morgan fingerprint density at radius 2 is 2.14 bits per heavy atom. The van der Waals surface area contributed by atoms with Crippen LogP contribution in [-0.4, -0.2) is 40.9 Å². The lowest BCUT2D eigenvalue weighted by Crippen LogP contribution is -2.43. The summed E-state index contributed by atoms with van der Waals surface area (Å²) >= 11 is 1.67. The van der Waals surface area contributed by atoms with Crippen LogP contribution in [-0.2, 0) is 10.2 Å². The number of fused-ring (bicyclic) bond motifs is 1. The summed E-state index contributed by atoms with van der Waals surface area (Å²) in [6.45, 7) is 10.8. The molecule has 0 bridgehead atoms. The largest absolute Gasteiger partial charge is 0.379 e. The number of nitrogens with zero attached hydrogens (tertiary/aromatic N) is 4. The van der Waals surface area contributed by atoms with E-state index < -0.39 is 0 Å². The highest BCUT2D eigenvalue weighted by Crippen LogP contribution is 2.30. The molecule has 0 aliphatic carbocycles. The van der Waals surface area contributed by atoms with Crippen molar-refractivity contribution < 1.29 is 4.74 Å². The molecule has 3 rings (SSSR count). The molecule has 0 aromatic carbocycles. The van der Waals surface area contributed by atoms with Crippen LogP contribution in [0, 0.1) is 5.92 Å². The van der Waals surface area contributed by atoms with Crippen molar-refractivity contribution in [3.63, 3.8) is 0 Å². The standard InChI is InChI=1S/C15H24N4OS/c1-10-6-7-18(8-11(10)20-5)14-17-19-9-12(15(2,3)4)16-13(19)21-14/h9-11H,6-8H2,1-5H3.